The van der Waals surface area contributed by atoms with Gasteiger partial charge in [0.2, 0.25) is 10.0 Å². The first-order valence-corrected chi connectivity index (χ1v) is 7.76. The topological polar surface area (TPSA) is 72.5 Å². The van der Waals surface area contributed by atoms with Crippen LogP contribution in [0.5, 0.6) is 0 Å². The monoisotopic (exact) mass is 303 g/mol. The Morgan fingerprint density at radius 1 is 1.20 bits per heavy atom. The maximum Gasteiger partial charge on any atom is 0.305 e. The Kier molecular flexibility index (Phi) is 6.60. The summed E-state index contributed by atoms with van der Waals surface area (Å²) in [5, 5.41) is 0. The Bertz CT molecular complexity index is 528. The number of carbonyl (C=O) groups excluding carboxylic acids is 1. The summed E-state index contributed by atoms with van der Waals surface area (Å²) in [6.07, 6.45) is 2.34. The van der Waals surface area contributed by atoms with Crippen molar-refractivity contribution in [1.29, 1.82) is 0 Å². The van der Waals surface area contributed by atoms with Crippen LogP contribution in [-0.4, -0.2) is 28.0 Å². The third kappa shape index (κ3) is 5.66. The molecule has 5 nitrogen and oxygen atoms in total. The largest absolute Gasteiger partial charge is 0.469 e. The first-order valence-electron chi connectivity index (χ1n) is 6.28. The standard InChI is InChI=1S/C13H18FNO4S/c1-19-13(16)5-3-2-4-10-15-20(17,18)12-8-6-11(14)7-9-12/h6-9,15H,2-5,10H2,1H3. The molecule has 0 aliphatic carbocycles. The zero-order valence-corrected chi connectivity index (χ0v) is 12.1. The molecule has 0 radical (unpaired) electrons. The number of rotatable bonds is 8. The van der Waals surface area contributed by atoms with Crippen LogP contribution in [0.4, 0.5) is 4.39 Å². The number of esters is 1. The van der Waals surface area contributed by atoms with E-state index in [0.717, 1.165) is 18.6 Å². The van der Waals surface area contributed by atoms with Gasteiger partial charge in [0.25, 0.3) is 0 Å². The second-order valence-corrected chi connectivity index (χ2v) is 6.01. The van der Waals surface area contributed by atoms with Crippen LogP contribution in [0, 0.1) is 5.82 Å². The van der Waals surface area contributed by atoms with Crippen LogP contribution in [0.1, 0.15) is 25.7 Å². The summed E-state index contributed by atoms with van der Waals surface area (Å²) in [4.78, 5) is 10.9. The van der Waals surface area contributed by atoms with Crippen molar-refractivity contribution < 1.29 is 22.3 Å². The molecule has 0 amide bonds. The van der Waals surface area contributed by atoms with Crippen molar-refractivity contribution in [2.24, 2.45) is 0 Å². The lowest BCUT2D eigenvalue weighted by atomic mass is 10.2. The van der Waals surface area contributed by atoms with Crippen LogP contribution >= 0.6 is 0 Å². The van der Waals surface area contributed by atoms with Crippen molar-refractivity contribution in [1.82, 2.24) is 4.72 Å². The molecule has 20 heavy (non-hydrogen) atoms. The first-order chi connectivity index (χ1) is 9.45. The molecular formula is C13H18FNO4S. The second-order valence-electron chi connectivity index (χ2n) is 4.24. The number of hydrogen-bond donors (Lipinski definition) is 1. The molecule has 7 heteroatoms. The number of nitrogens with one attached hydrogen (secondary N) is 1. The van der Waals surface area contributed by atoms with Gasteiger partial charge in [-0.3, -0.25) is 4.79 Å². The van der Waals surface area contributed by atoms with E-state index in [2.05, 4.69) is 9.46 Å². The number of sulfonamides is 1. The summed E-state index contributed by atoms with van der Waals surface area (Å²) in [6.45, 7) is 0.279. The minimum atomic E-state index is -3.59. The van der Waals surface area contributed by atoms with Crippen LogP contribution < -0.4 is 4.72 Å². The Hall–Kier alpha value is -1.47. The Balaban J connectivity index is 2.30. The van der Waals surface area contributed by atoms with Crippen LogP contribution in [0.3, 0.4) is 0 Å². The molecule has 0 saturated carbocycles. The molecule has 0 atom stereocenters. The van der Waals surface area contributed by atoms with Gasteiger partial charge >= 0.3 is 5.97 Å². The van der Waals surface area contributed by atoms with E-state index in [1.165, 1.54) is 19.2 Å². The van der Waals surface area contributed by atoms with E-state index in [1.807, 2.05) is 0 Å². The summed E-state index contributed by atoms with van der Waals surface area (Å²) in [5.74, 6) is -0.747. The van der Waals surface area contributed by atoms with Crippen LogP contribution in [0.15, 0.2) is 29.2 Å². The maximum atomic E-state index is 12.7. The van der Waals surface area contributed by atoms with Gasteiger partial charge in [-0.15, -0.1) is 0 Å². The van der Waals surface area contributed by atoms with E-state index in [9.17, 15) is 17.6 Å². The predicted octanol–water partition coefficient (Wildman–Crippen LogP) is 1.84. The molecule has 0 aromatic heterocycles. The van der Waals surface area contributed by atoms with E-state index in [1.54, 1.807) is 0 Å². The minimum absolute atomic E-state index is 0.0356. The molecule has 1 rings (SSSR count). The number of unbranched alkanes of at least 4 members (excludes halogenated alkanes) is 2. The Morgan fingerprint density at radius 2 is 1.85 bits per heavy atom. The van der Waals surface area contributed by atoms with E-state index in [4.69, 9.17) is 0 Å². The van der Waals surface area contributed by atoms with Crippen LogP contribution in [-0.2, 0) is 19.6 Å². The van der Waals surface area contributed by atoms with E-state index in [-0.39, 0.29) is 17.4 Å². The third-order valence-corrected chi connectivity index (χ3v) is 4.18. The molecule has 0 bridgehead atoms. The average molecular weight is 303 g/mol. The number of ether oxygens (including phenoxy) is 1. The lowest BCUT2D eigenvalue weighted by molar-refractivity contribution is -0.140. The van der Waals surface area contributed by atoms with E-state index >= 15 is 0 Å². The smallest absolute Gasteiger partial charge is 0.305 e. The van der Waals surface area contributed by atoms with Gasteiger partial charge in [0.15, 0.2) is 0 Å². The van der Waals surface area contributed by atoms with Gasteiger partial charge in [-0.05, 0) is 37.1 Å². The zero-order valence-electron chi connectivity index (χ0n) is 11.3. The molecule has 0 saturated heterocycles. The molecule has 1 aromatic rings. The van der Waals surface area contributed by atoms with Crippen molar-refractivity contribution in [3.63, 3.8) is 0 Å². The van der Waals surface area contributed by atoms with Crippen LogP contribution in [0.25, 0.3) is 0 Å². The molecule has 0 heterocycles. The number of methoxy groups -OCH3 is 1. The van der Waals surface area contributed by atoms with E-state index in [0.29, 0.717) is 19.3 Å². The SMILES string of the molecule is COC(=O)CCCCCNS(=O)(=O)c1ccc(F)cc1. The fourth-order valence-electron chi connectivity index (χ4n) is 1.58. The quantitative estimate of drug-likeness (QED) is 0.587. The highest BCUT2D eigenvalue weighted by Gasteiger charge is 2.12. The summed E-state index contributed by atoms with van der Waals surface area (Å²) in [6, 6.07) is 4.64. The number of hydrogen-bond acceptors (Lipinski definition) is 4. The minimum Gasteiger partial charge on any atom is -0.469 e. The fraction of sp³-hybridized carbons (Fsp3) is 0.462. The van der Waals surface area contributed by atoms with Gasteiger partial charge in [-0.2, -0.15) is 0 Å². The van der Waals surface area contributed by atoms with Gasteiger partial charge in [-0.25, -0.2) is 17.5 Å². The molecule has 0 unspecified atom stereocenters. The third-order valence-electron chi connectivity index (χ3n) is 2.70. The van der Waals surface area contributed by atoms with Gasteiger partial charge in [0, 0.05) is 13.0 Å². The molecule has 0 aliphatic heterocycles. The highest BCUT2D eigenvalue weighted by Crippen LogP contribution is 2.09. The van der Waals surface area contributed by atoms with Gasteiger partial charge < -0.3 is 4.74 Å². The predicted molar refractivity (Wildman–Crippen MR) is 72.1 cm³/mol. The van der Waals surface area contributed by atoms with Crippen molar-refractivity contribution in [2.45, 2.75) is 30.6 Å². The summed E-state index contributed by atoms with van der Waals surface area (Å²) in [5.41, 5.74) is 0. The Labute approximate surface area is 118 Å². The summed E-state index contributed by atoms with van der Waals surface area (Å²) in [7, 11) is -2.26. The highest BCUT2D eigenvalue weighted by atomic mass is 32.2. The molecule has 0 aliphatic rings. The van der Waals surface area contributed by atoms with Crippen LogP contribution in [0.2, 0.25) is 0 Å². The van der Waals surface area contributed by atoms with Gasteiger partial charge in [0.05, 0.1) is 12.0 Å². The lowest BCUT2D eigenvalue weighted by Crippen LogP contribution is -2.24. The van der Waals surface area contributed by atoms with Crippen molar-refractivity contribution in [3.8, 4) is 0 Å². The zero-order chi connectivity index (χ0) is 15.0. The Morgan fingerprint density at radius 3 is 2.45 bits per heavy atom. The molecular weight excluding hydrogens is 285 g/mol. The lowest BCUT2D eigenvalue weighted by Gasteiger charge is -2.06. The normalized spacial score (nSPS) is 11.3. The second kappa shape index (κ2) is 7.96. The van der Waals surface area contributed by atoms with E-state index < -0.39 is 15.8 Å². The molecule has 1 N–H and O–H groups in total. The summed E-state index contributed by atoms with van der Waals surface area (Å²) < 4.78 is 43.3. The molecule has 112 valence electrons. The fourth-order valence-corrected chi connectivity index (χ4v) is 2.65. The molecule has 1 aromatic carbocycles. The van der Waals surface area contributed by atoms with Crippen molar-refractivity contribution >= 4 is 16.0 Å². The molecule has 0 fully saturated rings. The molecule has 0 spiro atoms. The van der Waals surface area contributed by atoms with Gasteiger partial charge in [-0.1, -0.05) is 6.42 Å². The summed E-state index contributed by atoms with van der Waals surface area (Å²) >= 11 is 0. The number of halogens is 1. The highest BCUT2D eigenvalue weighted by molar-refractivity contribution is 7.89. The first kappa shape index (κ1) is 16.6. The van der Waals surface area contributed by atoms with Gasteiger partial charge in [0.1, 0.15) is 5.82 Å². The maximum absolute atomic E-state index is 12.7. The van der Waals surface area contributed by atoms with Crippen molar-refractivity contribution in [2.75, 3.05) is 13.7 Å². The van der Waals surface area contributed by atoms with Crippen molar-refractivity contribution in [3.05, 3.63) is 30.1 Å². The average Bonchev–Trinajstić information content (AvgIpc) is 2.42. The number of carbonyl (C=O) groups is 1. The number of benzene rings is 1.